The first-order valence-electron chi connectivity index (χ1n) is 4.98. The Bertz CT molecular complexity index is 433. The SMILES string of the molecule is O=[N+]([O-])c1c(F)ccc(Br)c1N1CCCC1. The lowest BCUT2D eigenvalue weighted by Crippen LogP contribution is -2.20. The lowest BCUT2D eigenvalue weighted by Gasteiger charge is -2.19. The number of anilines is 1. The van der Waals surface area contributed by atoms with E-state index in [-0.39, 0.29) is 0 Å². The van der Waals surface area contributed by atoms with E-state index in [9.17, 15) is 14.5 Å². The summed E-state index contributed by atoms with van der Waals surface area (Å²) in [7, 11) is 0. The fourth-order valence-corrected chi connectivity index (χ4v) is 2.52. The number of rotatable bonds is 2. The zero-order chi connectivity index (χ0) is 11.7. The first-order valence-corrected chi connectivity index (χ1v) is 5.78. The molecule has 0 amide bonds. The molecule has 1 saturated heterocycles. The summed E-state index contributed by atoms with van der Waals surface area (Å²) in [4.78, 5) is 12.1. The van der Waals surface area contributed by atoms with E-state index in [1.54, 1.807) is 0 Å². The Morgan fingerprint density at radius 2 is 2.00 bits per heavy atom. The van der Waals surface area contributed by atoms with E-state index in [0.717, 1.165) is 32.0 Å². The molecule has 0 bridgehead atoms. The van der Waals surface area contributed by atoms with Gasteiger partial charge in [0.25, 0.3) is 0 Å². The third kappa shape index (κ3) is 1.89. The predicted molar refractivity (Wildman–Crippen MR) is 62.2 cm³/mol. The van der Waals surface area contributed by atoms with Crippen LogP contribution in [-0.2, 0) is 0 Å². The third-order valence-electron chi connectivity index (χ3n) is 2.66. The Hall–Kier alpha value is -1.17. The van der Waals surface area contributed by atoms with Crippen molar-refractivity contribution in [2.45, 2.75) is 12.8 Å². The highest BCUT2D eigenvalue weighted by Crippen LogP contribution is 2.39. The second-order valence-electron chi connectivity index (χ2n) is 3.68. The summed E-state index contributed by atoms with van der Waals surface area (Å²) in [5.74, 6) is -0.782. The van der Waals surface area contributed by atoms with Crippen LogP contribution in [0.15, 0.2) is 16.6 Å². The number of hydrogen-bond donors (Lipinski definition) is 0. The van der Waals surface area contributed by atoms with Gasteiger partial charge in [0.05, 0.1) is 4.92 Å². The summed E-state index contributed by atoms with van der Waals surface area (Å²) in [6, 6.07) is 2.62. The summed E-state index contributed by atoms with van der Waals surface area (Å²) in [5.41, 5.74) is -0.0706. The third-order valence-corrected chi connectivity index (χ3v) is 3.30. The topological polar surface area (TPSA) is 46.4 Å². The zero-order valence-electron chi connectivity index (χ0n) is 8.45. The van der Waals surface area contributed by atoms with E-state index in [1.807, 2.05) is 4.90 Å². The van der Waals surface area contributed by atoms with Crippen LogP contribution in [0.5, 0.6) is 0 Å². The van der Waals surface area contributed by atoms with Gasteiger partial charge < -0.3 is 4.90 Å². The van der Waals surface area contributed by atoms with Crippen molar-refractivity contribution in [3.63, 3.8) is 0 Å². The standard InChI is InChI=1S/C10H10BrFN2O2/c11-7-3-4-8(12)10(14(15)16)9(7)13-5-1-2-6-13/h3-4H,1-2,5-6H2. The van der Waals surface area contributed by atoms with Gasteiger partial charge in [0.1, 0.15) is 5.69 Å². The highest BCUT2D eigenvalue weighted by Gasteiger charge is 2.28. The molecule has 0 saturated carbocycles. The van der Waals surface area contributed by atoms with Gasteiger partial charge in [-0.05, 0) is 40.9 Å². The van der Waals surface area contributed by atoms with Crippen LogP contribution in [0.4, 0.5) is 15.8 Å². The van der Waals surface area contributed by atoms with Crippen molar-refractivity contribution in [2.75, 3.05) is 18.0 Å². The van der Waals surface area contributed by atoms with Crippen molar-refractivity contribution in [1.29, 1.82) is 0 Å². The monoisotopic (exact) mass is 288 g/mol. The van der Waals surface area contributed by atoms with Gasteiger partial charge in [-0.1, -0.05) is 0 Å². The van der Waals surface area contributed by atoms with Crippen molar-refractivity contribution >= 4 is 27.3 Å². The van der Waals surface area contributed by atoms with Gasteiger partial charge in [-0.25, -0.2) is 0 Å². The maximum atomic E-state index is 13.4. The van der Waals surface area contributed by atoms with Crippen LogP contribution in [0.2, 0.25) is 0 Å². The molecule has 86 valence electrons. The molecule has 0 aliphatic carbocycles. The predicted octanol–water partition coefficient (Wildman–Crippen LogP) is 3.10. The molecule has 1 aromatic rings. The van der Waals surface area contributed by atoms with Gasteiger partial charge in [-0.15, -0.1) is 0 Å². The molecule has 1 aromatic carbocycles. The number of halogens is 2. The van der Waals surface area contributed by atoms with E-state index in [1.165, 1.54) is 6.07 Å². The van der Waals surface area contributed by atoms with Crippen molar-refractivity contribution in [3.05, 3.63) is 32.5 Å². The van der Waals surface area contributed by atoms with Crippen molar-refractivity contribution in [1.82, 2.24) is 0 Å². The van der Waals surface area contributed by atoms with Crippen molar-refractivity contribution in [2.24, 2.45) is 0 Å². The Labute approximate surface area is 100 Å². The highest BCUT2D eigenvalue weighted by atomic mass is 79.9. The Morgan fingerprint density at radius 1 is 1.38 bits per heavy atom. The zero-order valence-corrected chi connectivity index (χ0v) is 10.0. The Kier molecular flexibility index (Phi) is 3.09. The normalized spacial score (nSPS) is 15.5. The molecule has 0 unspecified atom stereocenters. The summed E-state index contributed by atoms with van der Waals surface area (Å²) >= 11 is 3.25. The molecule has 6 heteroatoms. The molecule has 0 atom stereocenters. The first-order chi connectivity index (χ1) is 7.61. The summed E-state index contributed by atoms with van der Waals surface area (Å²) in [5, 5.41) is 10.9. The van der Waals surface area contributed by atoms with Gasteiger partial charge in [-0.3, -0.25) is 10.1 Å². The number of hydrogen-bond acceptors (Lipinski definition) is 3. The molecule has 1 aliphatic heterocycles. The van der Waals surface area contributed by atoms with E-state index in [4.69, 9.17) is 0 Å². The Morgan fingerprint density at radius 3 is 2.56 bits per heavy atom. The summed E-state index contributed by atoms with van der Waals surface area (Å²) in [6.45, 7) is 1.48. The van der Waals surface area contributed by atoms with E-state index >= 15 is 0 Å². The average Bonchev–Trinajstić information content (AvgIpc) is 2.73. The van der Waals surface area contributed by atoms with Crippen LogP contribution >= 0.6 is 15.9 Å². The number of nitro benzene ring substituents is 1. The first kappa shape index (κ1) is 11.3. The molecule has 1 heterocycles. The van der Waals surface area contributed by atoms with Crippen LogP contribution < -0.4 is 4.90 Å². The molecular formula is C10H10BrFN2O2. The minimum Gasteiger partial charge on any atom is -0.365 e. The molecule has 0 N–H and O–H groups in total. The number of nitro groups is 1. The highest BCUT2D eigenvalue weighted by molar-refractivity contribution is 9.10. The van der Waals surface area contributed by atoms with E-state index < -0.39 is 16.4 Å². The van der Waals surface area contributed by atoms with Crippen molar-refractivity contribution in [3.8, 4) is 0 Å². The summed E-state index contributed by atoms with van der Waals surface area (Å²) in [6.07, 6.45) is 1.97. The van der Waals surface area contributed by atoms with Gasteiger partial charge in [0.15, 0.2) is 0 Å². The molecule has 2 rings (SSSR count). The van der Waals surface area contributed by atoms with Gasteiger partial charge in [-0.2, -0.15) is 4.39 Å². The quantitative estimate of drug-likeness (QED) is 0.621. The molecule has 0 aromatic heterocycles. The van der Waals surface area contributed by atoms with Crippen LogP contribution in [0.1, 0.15) is 12.8 Å². The number of nitrogens with zero attached hydrogens (tertiary/aromatic N) is 2. The van der Waals surface area contributed by atoms with Gasteiger partial charge in [0.2, 0.25) is 5.82 Å². The van der Waals surface area contributed by atoms with Gasteiger partial charge >= 0.3 is 5.69 Å². The second-order valence-corrected chi connectivity index (χ2v) is 4.53. The second kappa shape index (κ2) is 4.37. The van der Waals surface area contributed by atoms with Crippen LogP contribution in [-0.4, -0.2) is 18.0 Å². The number of benzene rings is 1. The fourth-order valence-electron chi connectivity index (χ4n) is 1.95. The summed E-state index contributed by atoms with van der Waals surface area (Å²) < 4.78 is 14.0. The lowest BCUT2D eigenvalue weighted by atomic mass is 10.2. The van der Waals surface area contributed by atoms with E-state index in [0.29, 0.717) is 10.2 Å². The van der Waals surface area contributed by atoms with Crippen LogP contribution in [0.3, 0.4) is 0 Å². The smallest absolute Gasteiger partial charge is 0.329 e. The largest absolute Gasteiger partial charge is 0.365 e. The molecule has 1 aliphatic rings. The maximum absolute atomic E-state index is 13.4. The fraction of sp³-hybridized carbons (Fsp3) is 0.400. The molecule has 1 fully saturated rings. The minimum absolute atomic E-state index is 0.363. The maximum Gasteiger partial charge on any atom is 0.329 e. The average molecular weight is 289 g/mol. The van der Waals surface area contributed by atoms with Crippen molar-refractivity contribution < 1.29 is 9.31 Å². The molecule has 4 nitrogen and oxygen atoms in total. The van der Waals surface area contributed by atoms with Gasteiger partial charge in [0, 0.05) is 17.6 Å². The molecular weight excluding hydrogens is 279 g/mol. The molecule has 0 radical (unpaired) electrons. The Balaban J connectivity index is 2.55. The molecule has 16 heavy (non-hydrogen) atoms. The van der Waals surface area contributed by atoms with E-state index in [2.05, 4.69) is 15.9 Å². The molecule has 0 spiro atoms. The minimum atomic E-state index is -0.782. The lowest BCUT2D eigenvalue weighted by molar-refractivity contribution is -0.386. The van der Waals surface area contributed by atoms with Crippen LogP contribution in [0, 0.1) is 15.9 Å². The van der Waals surface area contributed by atoms with Crippen LogP contribution in [0.25, 0.3) is 0 Å².